The summed E-state index contributed by atoms with van der Waals surface area (Å²) in [6.45, 7) is 5.59. The monoisotopic (exact) mass is 287 g/mol. The molecular formula is C14H19F2NO3. The molecule has 1 amide bonds. The zero-order chi connectivity index (χ0) is 15.3. The molecule has 0 saturated carbocycles. The number of rotatable bonds is 6. The minimum atomic E-state index is -0.987. The van der Waals surface area contributed by atoms with Crippen molar-refractivity contribution in [2.24, 2.45) is 0 Å². The number of aliphatic hydroxyl groups is 1. The Morgan fingerprint density at radius 1 is 1.30 bits per heavy atom. The van der Waals surface area contributed by atoms with Crippen LogP contribution in [-0.2, 0) is 11.4 Å². The van der Waals surface area contributed by atoms with Gasteiger partial charge in [-0.25, -0.2) is 8.78 Å². The Morgan fingerprint density at radius 2 is 1.80 bits per heavy atom. The summed E-state index contributed by atoms with van der Waals surface area (Å²) in [6, 6.07) is 1.96. The Kier molecular flexibility index (Phi) is 5.88. The van der Waals surface area contributed by atoms with Gasteiger partial charge in [0, 0.05) is 13.1 Å². The van der Waals surface area contributed by atoms with Crippen molar-refractivity contribution in [2.45, 2.75) is 33.5 Å². The summed E-state index contributed by atoms with van der Waals surface area (Å²) < 4.78 is 32.5. The minimum Gasteiger partial charge on any atom is -0.475 e. The number of hydrogen-bond donors (Lipinski definition) is 1. The quantitative estimate of drug-likeness (QED) is 0.871. The van der Waals surface area contributed by atoms with E-state index in [-0.39, 0.29) is 11.5 Å². The van der Waals surface area contributed by atoms with Crippen LogP contribution in [0.3, 0.4) is 0 Å². The van der Waals surface area contributed by atoms with Crippen molar-refractivity contribution in [3.63, 3.8) is 0 Å². The van der Waals surface area contributed by atoms with Crippen LogP contribution in [0, 0.1) is 11.6 Å². The molecule has 0 radical (unpaired) electrons. The first-order chi connectivity index (χ1) is 9.44. The van der Waals surface area contributed by atoms with E-state index in [1.165, 1.54) is 11.8 Å². The van der Waals surface area contributed by atoms with Crippen molar-refractivity contribution in [3.05, 3.63) is 29.3 Å². The van der Waals surface area contributed by atoms with Crippen molar-refractivity contribution in [1.29, 1.82) is 0 Å². The van der Waals surface area contributed by atoms with Gasteiger partial charge in [-0.15, -0.1) is 0 Å². The number of carbonyl (C=O) groups is 1. The third-order valence-corrected chi connectivity index (χ3v) is 2.96. The number of amides is 1. The SMILES string of the molecule is CCN(CC)C(=O)C(C)Oc1c(F)cc(CO)cc1F. The maximum atomic E-state index is 13.7. The summed E-state index contributed by atoms with van der Waals surface area (Å²) in [6.07, 6.45) is -0.987. The highest BCUT2D eigenvalue weighted by Crippen LogP contribution is 2.24. The van der Waals surface area contributed by atoms with E-state index in [9.17, 15) is 13.6 Å². The van der Waals surface area contributed by atoms with Gasteiger partial charge in [-0.2, -0.15) is 0 Å². The summed E-state index contributed by atoms with van der Waals surface area (Å²) in [4.78, 5) is 13.5. The lowest BCUT2D eigenvalue weighted by Crippen LogP contribution is -2.40. The van der Waals surface area contributed by atoms with Gasteiger partial charge in [-0.1, -0.05) is 0 Å². The molecule has 20 heavy (non-hydrogen) atoms. The molecule has 112 valence electrons. The van der Waals surface area contributed by atoms with Crippen molar-refractivity contribution >= 4 is 5.91 Å². The Labute approximate surface area is 117 Å². The summed E-state index contributed by atoms with van der Waals surface area (Å²) in [5.74, 6) is -2.81. The summed E-state index contributed by atoms with van der Waals surface area (Å²) in [5.41, 5.74) is 0.107. The van der Waals surface area contributed by atoms with Crippen LogP contribution in [0.25, 0.3) is 0 Å². The molecule has 0 aliphatic carbocycles. The van der Waals surface area contributed by atoms with E-state index in [2.05, 4.69) is 0 Å². The molecule has 4 nitrogen and oxygen atoms in total. The third-order valence-electron chi connectivity index (χ3n) is 2.96. The van der Waals surface area contributed by atoms with Gasteiger partial charge >= 0.3 is 0 Å². The number of benzene rings is 1. The fraction of sp³-hybridized carbons (Fsp3) is 0.500. The molecule has 1 N–H and O–H groups in total. The van der Waals surface area contributed by atoms with Crippen LogP contribution in [0.15, 0.2) is 12.1 Å². The second-order valence-corrected chi connectivity index (χ2v) is 4.32. The molecule has 1 unspecified atom stereocenters. The van der Waals surface area contributed by atoms with Crippen molar-refractivity contribution in [2.75, 3.05) is 13.1 Å². The van der Waals surface area contributed by atoms with Gasteiger partial charge in [0.25, 0.3) is 5.91 Å². The van der Waals surface area contributed by atoms with Gasteiger partial charge < -0.3 is 14.7 Å². The number of likely N-dealkylation sites (N-methyl/N-ethyl adjacent to an activating group) is 1. The molecule has 6 heteroatoms. The molecule has 1 aromatic rings. The fourth-order valence-electron chi connectivity index (χ4n) is 1.84. The smallest absolute Gasteiger partial charge is 0.263 e. The van der Waals surface area contributed by atoms with Crippen LogP contribution in [0.1, 0.15) is 26.3 Å². The second kappa shape index (κ2) is 7.19. The Morgan fingerprint density at radius 3 is 2.20 bits per heavy atom. The molecule has 0 aromatic heterocycles. The van der Waals surface area contributed by atoms with E-state index < -0.39 is 30.1 Å². The number of nitrogens with zero attached hydrogens (tertiary/aromatic N) is 1. The van der Waals surface area contributed by atoms with Gasteiger partial charge in [0.2, 0.25) is 0 Å². The van der Waals surface area contributed by atoms with Gasteiger partial charge in [0.15, 0.2) is 23.5 Å². The molecule has 0 bridgehead atoms. The van der Waals surface area contributed by atoms with Crippen LogP contribution < -0.4 is 4.74 Å². The topological polar surface area (TPSA) is 49.8 Å². The molecule has 1 aromatic carbocycles. The molecule has 0 aliphatic rings. The standard InChI is InChI=1S/C14H19F2NO3/c1-4-17(5-2)14(19)9(3)20-13-11(15)6-10(8-18)7-12(13)16/h6-7,9,18H,4-5,8H2,1-3H3. The summed E-state index contributed by atoms with van der Waals surface area (Å²) in [5, 5.41) is 8.85. The highest BCUT2D eigenvalue weighted by atomic mass is 19.1. The van der Waals surface area contributed by atoms with Crippen LogP contribution in [0.4, 0.5) is 8.78 Å². The average Bonchev–Trinajstić information content (AvgIpc) is 2.43. The van der Waals surface area contributed by atoms with E-state index in [4.69, 9.17) is 9.84 Å². The number of carbonyl (C=O) groups excluding carboxylic acids is 1. The Bertz CT molecular complexity index is 452. The third kappa shape index (κ3) is 3.66. The zero-order valence-corrected chi connectivity index (χ0v) is 11.8. The number of aliphatic hydroxyl groups excluding tert-OH is 1. The number of hydrogen-bond acceptors (Lipinski definition) is 3. The van der Waals surface area contributed by atoms with Crippen molar-refractivity contribution in [3.8, 4) is 5.75 Å². The predicted molar refractivity (Wildman–Crippen MR) is 70.3 cm³/mol. The van der Waals surface area contributed by atoms with Crippen molar-refractivity contribution < 1.29 is 23.4 Å². The maximum absolute atomic E-state index is 13.7. The van der Waals surface area contributed by atoms with E-state index in [1.807, 2.05) is 13.8 Å². The highest BCUT2D eigenvalue weighted by Gasteiger charge is 2.23. The van der Waals surface area contributed by atoms with Gasteiger partial charge in [-0.05, 0) is 38.5 Å². The van der Waals surface area contributed by atoms with Crippen LogP contribution in [-0.4, -0.2) is 35.1 Å². The van der Waals surface area contributed by atoms with Gasteiger partial charge in [0.1, 0.15) is 0 Å². The highest BCUT2D eigenvalue weighted by molar-refractivity contribution is 5.80. The van der Waals surface area contributed by atoms with E-state index in [0.29, 0.717) is 13.1 Å². The Hall–Kier alpha value is -1.69. The number of ether oxygens (including phenoxy) is 1. The summed E-state index contributed by atoms with van der Waals surface area (Å²) in [7, 11) is 0. The fourth-order valence-corrected chi connectivity index (χ4v) is 1.84. The lowest BCUT2D eigenvalue weighted by atomic mass is 10.2. The van der Waals surface area contributed by atoms with Crippen LogP contribution in [0.2, 0.25) is 0 Å². The molecule has 0 spiro atoms. The van der Waals surface area contributed by atoms with E-state index >= 15 is 0 Å². The molecule has 1 rings (SSSR count). The molecule has 0 heterocycles. The minimum absolute atomic E-state index is 0.107. The van der Waals surface area contributed by atoms with Crippen molar-refractivity contribution in [1.82, 2.24) is 4.90 Å². The second-order valence-electron chi connectivity index (χ2n) is 4.32. The molecule has 0 fully saturated rings. The van der Waals surface area contributed by atoms with Gasteiger partial charge in [0.05, 0.1) is 6.61 Å². The molecule has 0 aliphatic heterocycles. The average molecular weight is 287 g/mol. The molecular weight excluding hydrogens is 268 g/mol. The number of halogens is 2. The van der Waals surface area contributed by atoms with Crippen LogP contribution >= 0.6 is 0 Å². The zero-order valence-electron chi connectivity index (χ0n) is 11.8. The first kappa shape index (κ1) is 16.4. The lowest BCUT2D eigenvalue weighted by Gasteiger charge is -2.23. The summed E-state index contributed by atoms with van der Waals surface area (Å²) >= 11 is 0. The van der Waals surface area contributed by atoms with E-state index in [1.54, 1.807) is 0 Å². The molecule has 0 saturated heterocycles. The lowest BCUT2D eigenvalue weighted by molar-refractivity contribution is -0.137. The first-order valence-electron chi connectivity index (χ1n) is 6.48. The van der Waals surface area contributed by atoms with Gasteiger partial charge in [-0.3, -0.25) is 4.79 Å². The molecule has 1 atom stereocenters. The largest absolute Gasteiger partial charge is 0.475 e. The Balaban J connectivity index is 2.90. The maximum Gasteiger partial charge on any atom is 0.263 e. The van der Waals surface area contributed by atoms with Crippen LogP contribution in [0.5, 0.6) is 5.75 Å². The normalized spacial score (nSPS) is 12.1. The predicted octanol–water partition coefficient (Wildman–Crippen LogP) is 2.09. The first-order valence-corrected chi connectivity index (χ1v) is 6.48. The van der Waals surface area contributed by atoms with E-state index in [0.717, 1.165) is 12.1 Å².